The normalized spacial score (nSPS) is 22.0. The van der Waals surface area contributed by atoms with Gasteiger partial charge in [0.2, 0.25) is 0 Å². The number of aliphatic hydroxyl groups excluding tert-OH is 1. The van der Waals surface area contributed by atoms with Gasteiger partial charge in [0.1, 0.15) is 11.3 Å². The molecule has 0 bridgehead atoms. The van der Waals surface area contributed by atoms with Crippen LogP contribution in [0.15, 0.2) is 12.2 Å². The van der Waals surface area contributed by atoms with Gasteiger partial charge in [-0.1, -0.05) is 32.9 Å². The molecule has 0 radical (unpaired) electrons. The summed E-state index contributed by atoms with van der Waals surface area (Å²) in [4.78, 5) is 14.1. The Hall–Kier alpha value is -0.893. The fourth-order valence-electron chi connectivity index (χ4n) is 2.71. The summed E-state index contributed by atoms with van der Waals surface area (Å²) in [6, 6.07) is -0.484. The Kier molecular flexibility index (Phi) is 7.95. The van der Waals surface area contributed by atoms with Crippen LogP contribution in [0.1, 0.15) is 61.8 Å². The van der Waals surface area contributed by atoms with Crippen LogP contribution in [0.4, 0.5) is 4.79 Å². The molecule has 1 saturated heterocycles. The van der Waals surface area contributed by atoms with Gasteiger partial charge < -0.3 is 19.0 Å². The highest BCUT2D eigenvalue weighted by Crippen LogP contribution is 2.36. The summed E-state index contributed by atoms with van der Waals surface area (Å²) in [5, 5.41) is 10.8. The molecule has 1 N–H and O–H groups in total. The Morgan fingerprint density at radius 2 is 1.86 bits per heavy atom. The molecule has 7 heteroatoms. The number of hydrogen-bond acceptors (Lipinski definition) is 5. The molecule has 1 rings (SSSR count). The number of amides is 1. The standard InChI is InChI=1S/C21H41NO5Si/c1-19(2,3)27-18(24)22-16(15-25-21(22,7)8)17(23)13-11-12-14-26-28(9,10)20(4,5)6/h11,13,16-17,23H,12,14-15H2,1-10H3/b13-11+/t16-,17+/m0/s1. The van der Waals surface area contributed by atoms with E-state index >= 15 is 0 Å². The van der Waals surface area contributed by atoms with Crippen LogP contribution < -0.4 is 0 Å². The summed E-state index contributed by atoms with van der Waals surface area (Å²) >= 11 is 0. The highest BCUT2D eigenvalue weighted by molar-refractivity contribution is 6.74. The number of carbonyl (C=O) groups excluding carboxylic acids is 1. The van der Waals surface area contributed by atoms with Crippen molar-refractivity contribution in [1.82, 2.24) is 4.90 Å². The van der Waals surface area contributed by atoms with Crippen molar-refractivity contribution in [3.05, 3.63) is 12.2 Å². The lowest BCUT2D eigenvalue weighted by molar-refractivity contribution is -0.0661. The van der Waals surface area contributed by atoms with Crippen LogP contribution in [-0.4, -0.2) is 61.1 Å². The van der Waals surface area contributed by atoms with Gasteiger partial charge in [-0.05, 0) is 59.2 Å². The summed E-state index contributed by atoms with van der Waals surface area (Å²) in [6.45, 7) is 21.1. The Bertz CT molecular complexity index is 560. The van der Waals surface area contributed by atoms with Crippen LogP contribution in [0.5, 0.6) is 0 Å². The molecule has 1 aliphatic heterocycles. The molecule has 1 heterocycles. The molecular weight excluding hydrogens is 374 g/mol. The van der Waals surface area contributed by atoms with Gasteiger partial charge in [0.25, 0.3) is 0 Å². The van der Waals surface area contributed by atoms with Crippen molar-refractivity contribution >= 4 is 14.4 Å². The number of hydrogen-bond donors (Lipinski definition) is 1. The van der Waals surface area contributed by atoms with Gasteiger partial charge in [0, 0.05) is 6.61 Å². The van der Waals surface area contributed by atoms with Crippen LogP contribution >= 0.6 is 0 Å². The number of carbonyl (C=O) groups is 1. The third-order valence-electron chi connectivity index (χ3n) is 5.39. The largest absolute Gasteiger partial charge is 0.444 e. The van der Waals surface area contributed by atoms with Crippen LogP contribution in [0.25, 0.3) is 0 Å². The lowest BCUT2D eigenvalue weighted by Gasteiger charge is -2.36. The molecular formula is C21H41NO5Si. The molecule has 0 saturated carbocycles. The van der Waals surface area contributed by atoms with Gasteiger partial charge in [-0.2, -0.15) is 0 Å². The maximum atomic E-state index is 12.6. The third-order valence-corrected chi connectivity index (χ3v) is 9.93. The molecule has 1 fully saturated rings. The lowest BCUT2D eigenvalue weighted by atomic mass is 10.1. The molecule has 2 atom stereocenters. The lowest BCUT2D eigenvalue weighted by Crippen LogP contribution is -2.53. The first-order valence-corrected chi connectivity index (χ1v) is 13.0. The zero-order valence-corrected chi connectivity index (χ0v) is 20.5. The van der Waals surface area contributed by atoms with E-state index in [1.54, 1.807) is 19.9 Å². The maximum absolute atomic E-state index is 12.6. The quantitative estimate of drug-likeness (QED) is 0.387. The smallest absolute Gasteiger partial charge is 0.413 e. The minimum absolute atomic E-state index is 0.177. The molecule has 28 heavy (non-hydrogen) atoms. The van der Waals surface area contributed by atoms with Gasteiger partial charge in [0.15, 0.2) is 8.32 Å². The van der Waals surface area contributed by atoms with Crippen molar-refractivity contribution in [2.75, 3.05) is 13.2 Å². The Balaban J connectivity index is 2.68. The van der Waals surface area contributed by atoms with Crippen molar-refractivity contribution in [2.24, 2.45) is 0 Å². The Morgan fingerprint density at radius 3 is 2.36 bits per heavy atom. The van der Waals surface area contributed by atoms with E-state index < -0.39 is 37.9 Å². The van der Waals surface area contributed by atoms with E-state index in [-0.39, 0.29) is 11.6 Å². The third kappa shape index (κ3) is 6.86. The minimum Gasteiger partial charge on any atom is -0.444 e. The second-order valence-electron chi connectivity index (χ2n) is 10.5. The first kappa shape index (κ1) is 25.1. The molecule has 164 valence electrons. The summed E-state index contributed by atoms with van der Waals surface area (Å²) < 4.78 is 17.4. The second-order valence-corrected chi connectivity index (χ2v) is 15.3. The average molecular weight is 416 g/mol. The summed E-state index contributed by atoms with van der Waals surface area (Å²) in [5.41, 5.74) is -1.44. The fraction of sp³-hybridized carbons (Fsp3) is 0.857. The monoisotopic (exact) mass is 415 g/mol. The van der Waals surface area contributed by atoms with E-state index in [0.29, 0.717) is 13.0 Å². The molecule has 0 aliphatic carbocycles. The number of nitrogens with zero attached hydrogens (tertiary/aromatic N) is 1. The van der Waals surface area contributed by atoms with Crippen molar-refractivity contribution in [3.8, 4) is 0 Å². The van der Waals surface area contributed by atoms with E-state index in [0.717, 1.165) is 0 Å². The molecule has 0 unspecified atom stereocenters. The van der Waals surface area contributed by atoms with Crippen molar-refractivity contribution in [1.29, 1.82) is 0 Å². The van der Waals surface area contributed by atoms with Crippen LogP contribution in [0.3, 0.4) is 0 Å². The van der Waals surface area contributed by atoms with E-state index in [4.69, 9.17) is 13.9 Å². The van der Waals surface area contributed by atoms with Gasteiger partial charge >= 0.3 is 6.09 Å². The van der Waals surface area contributed by atoms with Crippen LogP contribution in [-0.2, 0) is 13.9 Å². The van der Waals surface area contributed by atoms with Gasteiger partial charge in [-0.15, -0.1) is 0 Å². The number of rotatable bonds is 6. The molecule has 0 aromatic rings. The summed E-state index contributed by atoms with van der Waals surface area (Å²) in [6.07, 6.45) is 3.04. The molecule has 1 amide bonds. The van der Waals surface area contributed by atoms with Crippen molar-refractivity contribution < 1.29 is 23.8 Å². The predicted octanol–water partition coefficient (Wildman–Crippen LogP) is 4.69. The highest BCUT2D eigenvalue weighted by atomic mass is 28.4. The Labute approximate surface area is 172 Å². The van der Waals surface area contributed by atoms with Gasteiger partial charge in [0.05, 0.1) is 18.8 Å². The summed E-state index contributed by atoms with van der Waals surface area (Å²) in [5.74, 6) is 0. The van der Waals surface area contributed by atoms with Gasteiger partial charge in [-0.3, -0.25) is 4.90 Å². The van der Waals surface area contributed by atoms with Crippen LogP contribution in [0, 0.1) is 0 Å². The molecule has 0 aromatic carbocycles. The van der Waals surface area contributed by atoms with E-state index in [1.165, 1.54) is 4.90 Å². The maximum Gasteiger partial charge on any atom is 0.413 e. The van der Waals surface area contributed by atoms with Crippen molar-refractivity contribution in [3.63, 3.8) is 0 Å². The average Bonchev–Trinajstić information content (AvgIpc) is 2.79. The minimum atomic E-state index is -1.76. The first-order valence-electron chi connectivity index (χ1n) is 10.1. The fourth-order valence-corrected chi connectivity index (χ4v) is 3.77. The zero-order valence-electron chi connectivity index (χ0n) is 19.5. The molecule has 6 nitrogen and oxygen atoms in total. The molecule has 0 spiro atoms. The topological polar surface area (TPSA) is 68.2 Å². The summed E-state index contributed by atoms with van der Waals surface area (Å²) in [7, 11) is -1.76. The van der Waals surface area contributed by atoms with Crippen molar-refractivity contribution in [2.45, 2.75) is 103 Å². The highest BCUT2D eigenvalue weighted by Gasteiger charge is 2.47. The predicted molar refractivity (Wildman–Crippen MR) is 115 cm³/mol. The number of aliphatic hydroxyl groups is 1. The van der Waals surface area contributed by atoms with Gasteiger partial charge in [-0.25, -0.2) is 4.79 Å². The Morgan fingerprint density at radius 1 is 1.29 bits per heavy atom. The van der Waals surface area contributed by atoms with E-state index in [2.05, 4.69) is 33.9 Å². The van der Waals surface area contributed by atoms with E-state index in [9.17, 15) is 9.90 Å². The second kappa shape index (κ2) is 8.86. The molecule has 1 aliphatic rings. The van der Waals surface area contributed by atoms with E-state index in [1.807, 2.05) is 26.8 Å². The SMILES string of the molecule is CC(C)(C)OC(=O)N1[C@H]([C@H](O)/C=C/CCO[Si](C)(C)C(C)(C)C)COC1(C)C. The molecule has 0 aromatic heterocycles. The first-order chi connectivity index (χ1) is 12.5. The zero-order chi connectivity index (χ0) is 22.0. The number of ether oxygens (including phenoxy) is 2. The van der Waals surface area contributed by atoms with Crippen LogP contribution in [0.2, 0.25) is 18.1 Å².